The molecular formula is C12H14BrFO. The summed E-state index contributed by atoms with van der Waals surface area (Å²) in [5, 5.41) is 0.918. The standard InChI is InChI=1S/C12H14BrFO/c1-12(6-8(12)7-13)11-9(14)4-3-5-10(11)15-2/h3-5,8H,6-7H2,1-2H3. The van der Waals surface area contributed by atoms with Gasteiger partial charge in [0.1, 0.15) is 11.6 Å². The summed E-state index contributed by atoms with van der Waals surface area (Å²) in [6.45, 7) is 2.10. The Hall–Kier alpha value is -0.570. The number of benzene rings is 1. The van der Waals surface area contributed by atoms with E-state index in [1.165, 1.54) is 6.07 Å². The van der Waals surface area contributed by atoms with Crippen molar-refractivity contribution in [2.24, 2.45) is 5.92 Å². The number of hydrogen-bond donors (Lipinski definition) is 0. The lowest BCUT2D eigenvalue weighted by molar-refractivity contribution is 0.397. The fraction of sp³-hybridized carbons (Fsp3) is 0.500. The fourth-order valence-corrected chi connectivity index (χ4v) is 3.16. The van der Waals surface area contributed by atoms with E-state index in [1.54, 1.807) is 13.2 Å². The maximum Gasteiger partial charge on any atom is 0.130 e. The predicted octanol–water partition coefficient (Wildman–Crippen LogP) is 3.51. The third kappa shape index (κ3) is 1.67. The van der Waals surface area contributed by atoms with E-state index in [0.29, 0.717) is 11.7 Å². The zero-order valence-electron chi connectivity index (χ0n) is 8.89. The molecule has 1 nitrogen and oxygen atoms in total. The molecule has 1 aromatic carbocycles. The van der Waals surface area contributed by atoms with E-state index in [9.17, 15) is 4.39 Å². The topological polar surface area (TPSA) is 9.23 Å². The van der Waals surface area contributed by atoms with Gasteiger partial charge in [0.2, 0.25) is 0 Å². The van der Waals surface area contributed by atoms with E-state index in [1.807, 2.05) is 6.07 Å². The van der Waals surface area contributed by atoms with Crippen LogP contribution >= 0.6 is 15.9 Å². The molecule has 82 valence electrons. The number of alkyl halides is 1. The first-order chi connectivity index (χ1) is 7.13. The number of methoxy groups -OCH3 is 1. The second-order valence-corrected chi connectivity index (χ2v) is 4.94. The molecule has 1 saturated carbocycles. The average Bonchev–Trinajstić information content (AvgIpc) is 2.90. The van der Waals surface area contributed by atoms with Crippen molar-refractivity contribution in [3.8, 4) is 5.75 Å². The minimum atomic E-state index is -0.152. The van der Waals surface area contributed by atoms with Crippen LogP contribution in [0.4, 0.5) is 4.39 Å². The Balaban J connectivity index is 2.44. The Morgan fingerprint density at radius 1 is 1.60 bits per heavy atom. The van der Waals surface area contributed by atoms with E-state index in [4.69, 9.17) is 4.74 Å². The molecule has 0 heterocycles. The van der Waals surface area contributed by atoms with E-state index in [0.717, 1.165) is 17.3 Å². The van der Waals surface area contributed by atoms with Gasteiger partial charge in [-0.2, -0.15) is 0 Å². The van der Waals surface area contributed by atoms with Crippen LogP contribution in [-0.2, 0) is 5.41 Å². The molecule has 0 N–H and O–H groups in total. The molecule has 0 spiro atoms. The molecule has 0 bridgehead atoms. The van der Waals surface area contributed by atoms with Gasteiger partial charge in [0.05, 0.1) is 7.11 Å². The fourth-order valence-electron chi connectivity index (χ4n) is 2.21. The van der Waals surface area contributed by atoms with Crippen molar-refractivity contribution < 1.29 is 9.13 Å². The molecule has 1 aliphatic carbocycles. The van der Waals surface area contributed by atoms with Gasteiger partial charge in [0, 0.05) is 16.3 Å². The van der Waals surface area contributed by atoms with Crippen LogP contribution in [-0.4, -0.2) is 12.4 Å². The van der Waals surface area contributed by atoms with Crippen molar-refractivity contribution in [1.29, 1.82) is 0 Å². The van der Waals surface area contributed by atoms with Crippen LogP contribution in [0.2, 0.25) is 0 Å². The molecule has 3 heteroatoms. The lowest BCUT2D eigenvalue weighted by Crippen LogP contribution is -2.10. The summed E-state index contributed by atoms with van der Waals surface area (Å²) >= 11 is 3.46. The van der Waals surface area contributed by atoms with E-state index < -0.39 is 0 Å². The van der Waals surface area contributed by atoms with Crippen molar-refractivity contribution in [2.45, 2.75) is 18.8 Å². The van der Waals surface area contributed by atoms with Crippen LogP contribution < -0.4 is 4.74 Å². The molecular weight excluding hydrogens is 259 g/mol. The minimum Gasteiger partial charge on any atom is -0.496 e. The molecule has 1 aromatic rings. The largest absolute Gasteiger partial charge is 0.496 e. The Bertz CT molecular complexity index is 380. The molecule has 2 atom stereocenters. The number of halogens is 2. The van der Waals surface area contributed by atoms with Crippen molar-refractivity contribution in [2.75, 3.05) is 12.4 Å². The van der Waals surface area contributed by atoms with Gasteiger partial charge in [-0.25, -0.2) is 4.39 Å². The van der Waals surface area contributed by atoms with Crippen LogP contribution in [0, 0.1) is 11.7 Å². The van der Waals surface area contributed by atoms with Crippen molar-refractivity contribution in [3.05, 3.63) is 29.6 Å². The van der Waals surface area contributed by atoms with E-state index in [-0.39, 0.29) is 11.2 Å². The van der Waals surface area contributed by atoms with Crippen LogP contribution in [0.3, 0.4) is 0 Å². The smallest absolute Gasteiger partial charge is 0.130 e. The zero-order chi connectivity index (χ0) is 11.1. The molecule has 15 heavy (non-hydrogen) atoms. The zero-order valence-corrected chi connectivity index (χ0v) is 10.5. The highest BCUT2D eigenvalue weighted by Gasteiger charge is 2.53. The molecule has 0 amide bonds. The SMILES string of the molecule is COc1cccc(F)c1C1(C)CC1CBr. The van der Waals surface area contributed by atoms with Crippen LogP contribution in [0.1, 0.15) is 18.9 Å². The molecule has 1 fully saturated rings. The highest BCUT2D eigenvalue weighted by molar-refractivity contribution is 9.09. The Morgan fingerprint density at radius 3 is 2.87 bits per heavy atom. The van der Waals surface area contributed by atoms with Crippen LogP contribution in [0.5, 0.6) is 5.75 Å². The Morgan fingerprint density at radius 2 is 2.33 bits per heavy atom. The summed E-state index contributed by atoms with van der Waals surface area (Å²) in [7, 11) is 1.59. The van der Waals surface area contributed by atoms with Gasteiger partial charge >= 0.3 is 0 Å². The second kappa shape index (κ2) is 3.78. The molecule has 0 aromatic heterocycles. The Labute approximate surface area is 97.8 Å². The van der Waals surface area contributed by atoms with Gasteiger partial charge < -0.3 is 4.74 Å². The van der Waals surface area contributed by atoms with Crippen molar-refractivity contribution in [3.63, 3.8) is 0 Å². The predicted molar refractivity (Wildman–Crippen MR) is 62.2 cm³/mol. The quantitative estimate of drug-likeness (QED) is 0.766. The first-order valence-corrected chi connectivity index (χ1v) is 6.14. The number of ether oxygens (including phenoxy) is 1. The highest BCUT2D eigenvalue weighted by atomic mass is 79.9. The van der Waals surface area contributed by atoms with E-state index >= 15 is 0 Å². The number of hydrogen-bond acceptors (Lipinski definition) is 1. The summed E-state index contributed by atoms with van der Waals surface area (Å²) in [6, 6.07) is 5.02. The second-order valence-electron chi connectivity index (χ2n) is 4.29. The van der Waals surface area contributed by atoms with Gasteiger partial charge in [-0.05, 0) is 24.5 Å². The van der Waals surface area contributed by atoms with Crippen molar-refractivity contribution in [1.82, 2.24) is 0 Å². The average molecular weight is 273 g/mol. The summed E-state index contributed by atoms with van der Waals surface area (Å²) in [6.07, 6.45) is 1.02. The maximum absolute atomic E-state index is 13.8. The third-order valence-corrected chi connectivity index (χ3v) is 4.15. The summed E-state index contributed by atoms with van der Waals surface area (Å²) in [5.74, 6) is 1.03. The van der Waals surface area contributed by atoms with Gasteiger partial charge in [0.15, 0.2) is 0 Å². The number of rotatable bonds is 3. The summed E-state index contributed by atoms with van der Waals surface area (Å²) in [4.78, 5) is 0. The molecule has 2 rings (SSSR count). The van der Waals surface area contributed by atoms with Gasteiger partial charge in [-0.15, -0.1) is 0 Å². The lowest BCUT2D eigenvalue weighted by Gasteiger charge is -2.16. The van der Waals surface area contributed by atoms with Crippen LogP contribution in [0.25, 0.3) is 0 Å². The Kier molecular flexibility index (Phi) is 2.75. The van der Waals surface area contributed by atoms with Gasteiger partial charge in [-0.1, -0.05) is 28.9 Å². The van der Waals surface area contributed by atoms with Crippen LogP contribution in [0.15, 0.2) is 18.2 Å². The molecule has 0 aliphatic heterocycles. The molecule has 0 saturated heterocycles. The molecule has 0 radical (unpaired) electrons. The molecule has 1 aliphatic rings. The third-order valence-electron chi connectivity index (χ3n) is 3.36. The van der Waals surface area contributed by atoms with Gasteiger partial charge in [-0.3, -0.25) is 0 Å². The first kappa shape index (κ1) is 10.9. The monoisotopic (exact) mass is 272 g/mol. The van der Waals surface area contributed by atoms with Gasteiger partial charge in [0.25, 0.3) is 0 Å². The lowest BCUT2D eigenvalue weighted by atomic mass is 9.94. The molecule has 2 unspecified atom stereocenters. The normalized spacial score (nSPS) is 28.9. The summed E-state index contributed by atoms with van der Waals surface area (Å²) < 4.78 is 19.0. The van der Waals surface area contributed by atoms with E-state index in [2.05, 4.69) is 22.9 Å². The highest BCUT2D eigenvalue weighted by Crippen LogP contribution is 2.57. The maximum atomic E-state index is 13.8. The minimum absolute atomic E-state index is 0.0554. The van der Waals surface area contributed by atoms with Crippen molar-refractivity contribution >= 4 is 15.9 Å². The summed E-state index contributed by atoms with van der Waals surface area (Å²) in [5.41, 5.74) is 0.678. The first-order valence-electron chi connectivity index (χ1n) is 5.02.